The second-order valence-electron chi connectivity index (χ2n) is 7.80. The van der Waals surface area contributed by atoms with Gasteiger partial charge in [0.2, 0.25) is 11.0 Å². The average molecular weight is 433 g/mol. The Bertz CT molecular complexity index is 1210. The summed E-state index contributed by atoms with van der Waals surface area (Å²) in [6.45, 7) is 4.87. The summed E-state index contributed by atoms with van der Waals surface area (Å²) in [5.41, 5.74) is 3.98. The number of thiazole rings is 1. The largest absolute Gasteiger partial charge is 0.494 e. The zero-order valence-corrected chi connectivity index (χ0v) is 18.4. The SMILES string of the molecule is CCCCOc1ccc([C@H]2CC(=O)Nc3c2c(C)nn3-c2nc3ccccc3s2)cc1. The third kappa shape index (κ3) is 3.70. The Morgan fingerprint density at radius 2 is 2.00 bits per heavy atom. The maximum absolute atomic E-state index is 12.6. The highest BCUT2D eigenvalue weighted by atomic mass is 32.1. The van der Waals surface area contributed by atoms with Gasteiger partial charge in [-0.05, 0) is 43.2 Å². The fraction of sp³-hybridized carbons (Fsp3) is 0.292. The van der Waals surface area contributed by atoms with Crippen molar-refractivity contribution in [3.63, 3.8) is 0 Å². The van der Waals surface area contributed by atoms with Crippen molar-refractivity contribution in [1.82, 2.24) is 14.8 Å². The number of benzene rings is 2. The Balaban J connectivity index is 1.51. The van der Waals surface area contributed by atoms with E-state index in [4.69, 9.17) is 14.8 Å². The molecule has 0 spiro atoms. The summed E-state index contributed by atoms with van der Waals surface area (Å²) in [5, 5.41) is 8.56. The average Bonchev–Trinajstić information content (AvgIpc) is 3.35. The molecule has 1 aliphatic heterocycles. The van der Waals surface area contributed by atoms with E-state index in [1.54, 1.807) is 16.0 Å². The van der Waals surface area contributed by atoms with Gasteiger partial charge in [-0.3, -0.25) is 4.79 Å². The van der Waals surface area contributed by atoms with Gasteiger partial charge in [0.15, 0.2) is 0 Å². The molecule has 2 aromatic carbocycles. The highest BCUT2D eigenvalue weighted by molar-refractivity contribution is 7.20. The highest BCUT2D eigenvalue weighted by Gasteiger charge is 2.33. The van der Waals surface area contributed by atoms with Crippen LogP contribution in [0.5, 0.6) is 5.75 Å². The van der Waals surface area contributed by atoms with E-state index in [0.717, 1.165) is 63.2 Å². The summed E-state index contributed by atoms with van der Waals surface area (Å²) in [6, 6.07) is 16.1. The number of aromatic nitrogens is 3. The monoisotopic (exact) mass is 432 g/mol. The Morgan fingerprint density at radius 3 is 2.77 bits per heavy atom. The van der Waals surface area contributed by atoms with Crippen molar-refractivity contribution >= 4 is 33.3 Å². The Labute approximate surface area is 184 Å². The van der Waals surface area contributed by atoms with Crippen LogP contribution in [0.1, 0.15) is 48.9 Å². The first kappa shape index (κ1) is 19.8. The van der Waals surface area contributed by atoms with E-state index in [0.29, 0.717) is 6.42 Å². The topological polar surface area (TPSA) is 69.0 Å². The number of anilines is 1. The lowest BCUT2D eigenvalue weighted by atomic mass is 9.86. The number of hydrogen-bond donors (Lipinski definition) is 1. The van der Waals surface area contributed by atoms with E-state index >= 15 is 0 Å². The van der Waals surface area contributed by atoms with Crippen molar-refractivity contribution < 1.29 is 9.53 Å². The maximum Gasteiger partial charge on any atom is 0.226 e. The van der Waals surface area contributed by atoms with Crippen LogP contribution in [0.2, 0.25) is 0 Å². The van der Waals surface area contributed by atoms with Crippen LogP contribution in [0.15, 0.2) is 48.5 Å². The second kappa shape index (κ2) is 8.15. The molecule has 4 aromatic rings. The number of carbonyl (C=O) groups is 1. The number of nitrogens with one attached hydrogen (secondary N) is 1. The molecule has 0 fully saturated rings. The van der Waals surface area contributed by atoms with Crippen molar-refractivity contribution in [3.8, 4) is 10.9 Å². The Kier molecular flexibility index (Phi) is 5.19. The molecule has 1 N–H and O–H groups in total. The Morgan fingerprint density at radius 1 is 1.19 bits per heavy atom. The van der Waals surface area contributed by atoms with Gasteiger partial charge in [0.05, 0.1) is 22.5 Å². The van der Waals surface area contributed by atoms with Crippen LogP contribution in [-0.4, -0.2) is 27.3 Å². The minimum absolute atomic E-state index is 0.0111. The van der Waals surface area contributed by atoms with Gasteiger partial charge in [-0.15, -0.1) is 0 Å². The summed E-state index contributed by atoms with van der Waals surface area (Å²) in [4.78, 5) is 17.3. The number of nitrogens with zero attached hydrogens (tertiary/aromatic N) is 3. The fourth-order valence-electron chi connectivity index (χ4n) is 4.05. The van der Waals surface area contributed by atoms with E-state index < -0.39 is 0 Å². The van der Waals surface area contributed by atoms with E-state index in [-0.39, 0.29) is 11.8 Å². The first-order valence-electron chi connectivity index (χ1n) is 10.6. The third-order valence-electron chi connectivity index (χ3n) is 5.62. The lowest BCUT2D eigenvalue weighted by molar-refractivity contribution is -0.116. The second-order valence-corrected chi connectivity index (χ2v) is 8.81. The molecular weight excluding hydrogens is 408 g/mol. The van der Waals surface area contributed by atoms with E-state index in [9.17, 15) is 4.79 Å². The molecule has 1 atom stereocenters. The lowest BCUT2D eigenvalue weighted by Gasteiger charge is -2.24. The molecule has 0 saturated carbocycles. The molecule has 0 bridgehead atoms. The zero-order valence-electron chi connectivity index (χ0n) is 17.6. The van der Waals surface area contributed by atoms with Crippen molar-refractivity contribution in [1.29, 1.82) is 0 Å². The molecule has 158 valence electrons. The van der Waals surface area contributed by atoms with Gasteiger partial charge in [-0.25, -0.2) is 4.98 Å². The molecule has 31 heavy (non-hydrogen) atoms. The number of aryl methyl sites for hydroxylation is 1. The molecule has 0 saturated heterocycles. The Hall–Kier alpha value is -3.19. The van der Waals surface area contributed by atoms with Crippen LogP contribution in [0.4, 0.5) is 5.82 Å². The van der Waals surface area contributed by atoms with Gasteiger partial charge in [0.25, 0.3) is 0 Å². The van der Waals surface area contributed by atoms with Crippen molar-refractivity contribution in [2.45, 2.75) is 39.0 Å². The third-order valence-corrected chi connectivity index (χ3v) is 6.63. The van der Waals surface area contributed by atoms with E-state index in [2.05, 4.69) is 24.4 Å². The normalized spacial score (nSPS) is 15.7. The number of rotatable bonds is 6. The van der Waals surface area contributed by atoms with Crippen LogP contribution in [0.25, 0.3) is 15.3 Å². The highest BCUT2D eigenvalue weighted by Crippen LogP contribution is 2.41. The number of ether oxygens (including phenoxy) is 1. The van der Waals surface area contributed by atoms with Gasteiger partial charge in [0, 0.05) is 17.9 Å². The number of unbranched alkanes of at least 4 members (excludes halogenated alkanes) is 1. The fourth-order valence-corrected chi connectivity index (χ4v) is 4.98. The smallest absolute Gasteiger partial charge is 0.226 e. The van der Waals surface area contributed by atoms with Crippen molar-refractivity contribution in [3.05, 3.63) is 65.4 Å². The zero-order chi connectivity index (χ0) is 21.4. The number of carbonyl (C=O) groups excluding carboxylic acids is 1. The minimum atomic E-state index is -0.0448. The summed E-state index contributed by atoms with van der Waals surface area (Å²) in [6.07, 6.45) is 2.55. The molecule has 0 aliphatic carbocycles. The molecular formula is C24H24N4O2S. The van der Waals surface area contributed by atoms with Crippen LogP contribution in [0, 0.1) is 6.92 Å². The molecule has 0 unspecified atom stereocenters. The van der Waals surface area contributed by atoms with Crippen LogP contribution in [-0.2, 0) is 4.79 Å². The first-order valence-corrected chi connectivity index (χ1v) is 11.4. The van der Waals surface area contributed by atoms with Gasteiger partial charge in [-0.1, -0.05) is 48.9 Å². The predicted molar refractivity (Wildman–Crippen MR) is 123 cm³/mol. The van der Waals surface area contributed by atoms with Gasteiger partial charge in [-0.2, -0.15) is 9.78 Å². The molecule has 1 aliphatic rings. The molecule has 7 heteroatoms. The summed E-state index contributed by atoms with van der Waals surface area (Å²) in [5.74, 6) is 1.53. The maximum atomic E-state index is 12.6. The lowest BCUT2D eigenvalue weighted by Crippen LogP contribution is -2.24. The standard InChI is InChI=1S/C24H24N4O2S/c1-3-4-13-30-17-11-9-16(10-12-17)18-14-21(29)26-23-22(18)15(2)27-28(23)24-25-19-7-5-6-8-20(19)31-24/h5-12,18H,3-4,13-14H2,1-2H3,(H,26,29)/t18-/m1/s1. The number of fused-ring (bicyclic) bond motifs is 2. The number of amides is 1. The molecule has 6 nitrogen and oxygen atoms in total. The molecule has 3 heterocycles. The van der Waals surface area contributed by atoms with Gasteiger partial charge < -0.3 is 10.1 Å². The van der Waals surface area contributed by atoms with Crippen LogP contribution in [0.3, 0.4) is 0 Å². The summed E-state index contributed by atoms with van der Waals surface area (Å²) in [7, 11) is 0. The van der Waals surface area contributed by atoms with Crippen molar-refractivity contribution in [2.24, 2.45) is 0 Å². The minimum Gasteiger partial charge on any atom is -0.494 e. The molecule has 2 aromatic heterocycles. The van der Waals surface area contributed by atoms with Gasteiger partial charge in [0.1, 0.15) is 11.6 Å². The molecule has 1 amide bonds. The van der Waals surface area contributed by atoms with Crippen molar-refractivity contribution in [2.75, 3.05) is 11.9 Å². The van der Waals surface area contributed by atoms with Gasteiger partial charge >= 0.3 is 0 Å². The van der Waals surface area contributed by atoms with E-state index in [1.807, 2.05) is 43.3 Å². The summed E-state index contributed by atoms with van der Waals surface area (Å²) < 4.78 is 8.66. The molecule has 0 radical (unpaired) electrons. The number of para-hydroxylation sites is 1. The van der Waals surface area contributed by atoms with Crippen LogP contribution >= 0.6 is 11.3 Å². The number of hydrogen-bond acceptors (Lipinski definition) is 5. The predicted octanol–water partition coefficient (Wildman–Crippen LogP) is 5.44. The van der Waals surface area contributed by atoms with E-state index in [1.165, 1.54) is 0 Å². The first-order chi connectivity index (χ1) is 15.1. The molecule has 5 rings (SSSR count). The van der Waals surface area contributed by atoms with Crippen LogP contribution < -0.4 is 10.1 Å². The summed E-state index contributed by atoms with van der Waals surface area (Å²) >= 11 is 1.57. The quantitative estimate of drug-likeness (QED) is 0.412.